The number of amides is 5. The van der Waals surface area contributed by atoms with Crippen molar-refractivity contribution >= 4 is 83.3 Å². The van der Waals surface area contributed by atoms with E-state index in [1.165, 1.54) is 24.1 Å². The van der Waals surface area contributed by atoms with Gasteiger partial charge in [0.1, 0.15) is 42.5 Å². The third-order valence-electron chi connectivity index (χ3n) is 24.9. The molecule has 8 aliphatic heterocycles. The second-order valence-electron chi connectivity index (χ2n) is 32.3. The van der Waals surface area contributed by atoms with Crippen molar-refractivity contribution in [3.05, 3.63) is 59.2 Å². The quantitative estimate of drug-likeness (QED) is 0.0258. The smallest absolute Gasteiger partial charge is 0.472 e. The number of hydrogen-bond acceptors (Lipinski definition) is 27. The number of anilines is 1. The number of nitrogens with one attached hydrogen (secondary N) is 4. The molecule has 35 nitrogen and oxygen atoms in total. The van der Waals surface area contributed by atoms with Crippen LogP contribution in [0, 0.1) is 74.9 Å². The van der Waals surface area contributed by atoms with E-state index in [-0.39, 0.29) is 119 Å². The van der Waals surface area contributed by atoms with Crippen LogP contribution >= 0.6 is 7.82 Å². The van der Waals surface area contributed by atoms with Crippen LogP contribution in [0.25, 0.3) is 16.5 Å². The molecule has 0 aromatic carbocycles. The van der Waals surface area contributed by atoms with Gasteiger partial charge in [0.2, 0.25) is 29.5 Å². The predicted octanol–water partition coefficient (Wildman–Crippen LogP) is 1.09. The summed E-state index contributed by atoms with van der Waals surface area (Å²) in [6, 6.07) is -1.05. The number of aromatic nitrogens is 4. The van der Waals surface area contributed by atoms with E-state index in [1.807, 2.05) is 59.4 Å². The Kier molecular flexibility index (Phi) is 26.0. The van der Waals surface area contributed by atoms with Gasteiger partial charge in [-0.15, -0.1) is 6.04 Å². The van der Waals surface area contributed by atoms with Crippen molar-refractivity contribution in [2.24, 2.45) is 95.1 Å². The first kappa shape index (κ1) is 86.0. The number of aliphatic hydroxyl groups is 4. The predicted molar refractivity (Wildman–Crippen MR) is 390 cm³/mol. The molecule has 603 valence electrons. The average molecular weight is 1580 g/mol. The Morgan fingerprint density at radius 1 is 0.844 bits per heavy atom. The molecule has 5 amide bonds. The largest absolute Gasteiger partial charge is 0.862 e. The van der Waals surface area contributed by atoms with E-state index in [0.717, 1.165) is 12.8 Å². The Hall–Kier alpha value is -7.03. The number of aliphatic hydroxyl groups excluding tert-OH is 4. The van der Waals surface area contributed by atoms with Crippen molar-refractivity contribution < 1.29 is 99.4 Å². The molecule has 4 saturated heterocycles. The maximum Gasteiger partial charge on any atom is 0.472 e. The summed E-state index contributed by atoms with van der Waals surface area (Å²) in [6.45, 7) is 27.4. The Bertz CT molecular complexity index is 4120. The molecule has 1 saturated carbocycles. The number of nitrogens with zero attached hydrogens (tertiary/aromatic N) is 9. The Morgan fingerprint density at radius 2 is 1.49 bits per heavy atom. The number of rotatable bonds is 27. The van der Waals surface area contributed by atoms with Gasteiger partial charge >= 0.3 is 7.82 Å². The maximum atomic E-state index is 14.4. The third-order valence-corrected chi connectivity index (χ3v) is 26.0. The Morgan fingerprint density at radius 3 is 2.09 bits per heavy atom. The van der Waals surface area contributed by atoms with Gasteiger partial charge in [0.15, 0.2) is 17.7 Å². The Labute approximate surface area is 643 Å². The number of phosphoric acid groups is 1. The van der Waals surface area contributed by atoms with Gasteiger partial charge in [0.25, 0.3) is 0 Å². The van der Waals surface area contributed by atoms with Gasteiger partial charge in [-0.25, -0.2) is 19.5 Å². The van der Waals surface area contributed by atoms with Crippen LogP contribution in [0.3, 0.4) is 0 Å². The number of carbonyl (C=O) groups is 5. The summed E-state index contributed by atoms with van der Waals surface area (Å²) in [6.07, 6.45) is -5.97. The van der Waals surface area contributed by atoms with Gasteiger partial charge < -0.3 is 107 Å². The van der Waals surface area contributed by atoms with E-state index in [0.29, 0.717) is 68.4 Å². The van der Waals surface area contributed by atoms with Crippen molar-refractivity contribution in [3.8, 4) is 0 Å². The van der Waals surface area contributed by atoms with Crippen molar-refractivity contribution in [1.29, 1.82) is 10.8 Å². The molecule has 109 heavy (non-hydrogen) atoms. The summed E-state index contributed by atoms with van der Waals surface area (Å²) in [5, 5.41) is 93.6. The fraction of sp³-hybridized carbons (Fsp3) is 0.694. The van der Waals surface area contributed by atoms with Gasteiger partial charge in [0, 0.05) is 135 Å². The molecule has 23 atom stereocenters. The van der Waals surface area contributed by atoms with E-state index in [9.17, 15) is 64.1 Å². The summed E-state index contributed by atoms with van der Waals surface area (Å²) in [4.78, 5) is 110. The first-order chi connectivity index (χ1) is 50.4. The van der Waals surface area contributed by atoms with E-state index in [2.05, 4.69) is 39.4 Å². The standard InChI is InChI=1S/C62H97N13O14P.C10H10N5O3.Co/c1-29-20-39-40(21-30(29)2)75(28-70-39)57-52(84)53(41(27-76)87-57)89-90(85,86)88-31(3)26-69-49(83)18-19-59(8)37(22-46(66)80)56-62(11)61(10,25-48(68)82)36(14-17-45(65)79)51(74-62)33(5)55-60(9,24-47(67)81)34(12-15-43(63)77)38(71-55)23-42-58(6,7)35(13-16-44(64)78)50(72-42)32(4)54(59)73-56;1-4-6(16)7(17)10(18-4)15-3-14-5-8(11)12-2-13-9(5)15;/h23,29-31,34-37,39-41,52-53,56-57,71,76,84H,12-22,24-28H2,1-11H3,(H2,63,77)(H2,64,78)(H2,65,79)(H2,66,80)(H2,67,81)(H2,68,82)(H,69,83)(H,85,86);2-4,6-7,10,16-17H,(H2,11,12,13);/q2*-1;/p-2/t29?,30?,31-,34-,35-,36-,37+,39?,40?,41-,52-,53-,56-,57+,59-,60+,61+,62+;4-,6-,7-,10-;/m11./s1. The number of imidazole rings is 1. The van der Waals surface area contributed by atoms with E-state index < -0.39 is 168 Å². The molecule has 2 aromatic rings. The third kappa shape index (κ3) is 16.8. The van der Waals surface area contributed by atoms with Crippen molar-refractivity contribution in [2.75, 3.05) is 25.6 Å². The maximum absolute atomic E-state index is 14.4. The minimum atomic E-state index is -5.03. The molecule has 8 bridgehead atoms. The van der Waals surface area contributed by atoms with Crippen molar-refractivity contribution in [2.45, 2.75) is 238 Å². The molecule has 11 rings (SSSR count). The zero-order valence-electron chi connectivity index (χ0n) is 63.3. The van der Waals surface area contributed by atoms with E-state index in [4.69, 9.17) is 85.2 Å². The molecule has 0 spiro atoms. The number of ether oxygens (including phenoxy) is 2. The fourth-order valence-electron chi connectivity index (χ4n) is 18.6. The molecular formula is C72H105CoN18O17P-4. The minimum absolute atomic E-state index is 0. The van der Waals surface area contributed by atoms with Crippen LogP contribution in [-0.4, -0.2) is 201 Å². The van der Waals surface area contributed by atoms with E-state index in [1.54, 1.807) is 6.92 Å². The zero-order chi connectivity index (χ0) is 79.6. The van der Waals surface area contributed by atoms with Crippen LogP contribution in [0.2, 0.25) is 0 Å². The number of nitrogens with two attached hydrogens (primary N) is 5. The minimum Gasteiger partial charge on any atom is -0.862 e. The van der Waals surface area contributed by atoms with Crippen LogP contribution in [-0.2, 0) is 63.8 Å². The summed E-state index contributed by atoms with van der Waals surface area (Å²) >= 11 is 0. The Balaban J connectivity index is 0.000000623. The number of phosphoric ester groups is 1. The fourth-order valence-corrected chi connectivity index (χ4v) is 19.7. The topological polar surface area (TPSA) is 586 Å². The zero-order valence-corrected chi connectivity index (χ0v) is 65.2. The van der Waals surface area contributed by atoms with Crippen LogP contribution in [0.15, 0.2) is 61.9 Å². The second-order valence-corrected chi connectivity index (χ2v) is 33.7. The van der Waals surface area contributed by atoms with Crippen LogP contribution in [0.1, 0.15) is 166 Å². The summed E-state index contributed by atoms with van der Waals surface area (Å²) in [5.41, 5.74) is 28.6. The van der Waals surface area contributed by atoms with Crippen molar-refractivity contribution in [1.82, 2.24) is 35.1 Å². The van der Waals surface area contributed by atoms with Crippen LogP contribution in [0.5, 0.6) is 0 Å². The van der Waals surface area contributed by atoms with Gasteiger partial charge in [-0.2, -0.15) is 0 Å². The first-order valence-corrected chi connectivity index (χ1v) is 38.2. The summed E-state index contributed by atoms with van der Waals surface area (Å²) < 4.78 is 37.5. The summed E-state index contributed by atoms with van der Waals surface area (Å²) in [5.74, 6) is -6.75. The van der Waals surface area contributed by atoms with E-state index >= 15 is 0 Å². The number of allylic oxidation sites excluding steroid dienone is 6. The normalized spacial score (nSPS) is 36.0. The van der Waals surface area contributed by atoms with Crippen LogP contribution in [0.4, 0.5) is 5.82 Å². The van der Waals surface area contributed by atoms with Crippen LogP contribution < -0.4 is 49.5 Å². The SMILES string of the molecule is CC1=C2N=C(C=C3NC(=C(C)C4=N[C@@](C)([C@@H]5N=C1[C@](C)(CCC(=O)NC[C@@H](C)OP(=O)(O)O[C@H]1[C@@H](O)[C@@H](N6C[N-]C7CC(C)C(C)CC76)O[C@@H]1CO)[C@H]5CC(N)=O)[C@@](C)(CC(N)=O)[C@@H]4CCC(N)=O)[C@@](C)(CC(N)=O)[C@@H]3CCC(=N)[O-])C(C)(C)[C@@H]2CCC(=N)[O-].[C-][C@H]1O[C@@H](n2cnc3c(N)ncnc32)[C@H](O)[C@@H]1O.[Co]. The average Bonchev–Trinajstić information content (AvgIpc) is 1.53. The number of primary amides is 4. The number of nitrogen functional groups attached to an aromatic ring is 1. The number of fused-ring (bicyclic) bond motifs is 8. The molecule has 2 aromatic heterocycles. The van der Waals surface area contributed by atoms with Gasteiger partial charge in [-0.3, -0.25) is 57.5 Å². The molecule has 37 heteroatoms. The van der Waals surface area contributed by atoms with Gasteiger partial charge in [0.05, 0.1) is 36.7 Å². The van der Waals surface area contributed by atoms with Crippen molar-refractivity contribution in [3.63, 3.8) is 0 Å². The molecule has 3 radical (unpaired) electrons. The molecule has 10 heterocycles. The molecule has 9 aliphatic rings. The second kappa shape index (κ2) is 33.0. The monoisotopic (exact) mass is 1580 g/mol. The molecule has 5 fully saturated rings. The number of aliphatic imine (C=N–C) groups is 3. The summed E-state index contributed by atoms with van der Waals surface area (Å²) in [7, 11) is -5.03. The molecule has 19 N–H and O–H groups in total. The molecule has 5 unspecified atom stereocenters. The molecule has 1 aliphatic carbocycles. The van der Waals surface area contributed by atoms with Gasteiger partial charge in [-0.05, 0) is 120 Å². The first-order valence-electron chi connectivity index (χ1n) is 36.7. The van der Waals surface area contributed by atoms with Gasteiger partial charge in [-0.1, -0.05) is 67.7 Å². The number of hydrogen-bond donors (Lipinski definition) is 14. The molecular weight excluding hydrogens is 1480 g/mol. The number of carbonyl (C=O) groups excluding carboxylic acids is 5.